The Kier molecular flexibility index (Phi) is 4.73. The maximum Gasteiger partial charge on any atom is 0.0202 e. The van der Waals surface area contributed by atoms with Gasteiger partial charge in [-0.15, -0.1) is 11.8 Å². The van der Waals surface area contributed by atoms with Crippen molar-refractivity contribution in [1.29, 1.82) is 0 Å². The highest BCUT2D eigenvalue weighted by atomic mass is 32.2. The lowest BCUT2D eigenvalue weighted by molar-refractivity contribution is 0.623. The predicted molar refractivity (Wildman–Crippen MR) is 71.9 cm³/mol. The Bertz CT molecular complexity index is 301. The molecule has 2 rings (SSSR count). The fourth-order valence-electron chi connectivity index (χ4n) is 2.30. The second-order valence-electron chi connectivity index (χ2n) is 4.64. The third-order valence-electron chi connectivity index (χ3n) is 3.26. The Labute approximate surface area is 103 Å². The summed E-state index contributed by atoms with van der Waals surface area (Å²) in [7, 11) is 1.99. The number of hydrogen-bond acceptors (Lipinski definition) is 2. The molecule has 0 heterocycles. The van der Waals surface area contributed by atoms with Crippen LogP contribution in [0.25, 0.3) is 0 Å². The maximum atomic E-state index is 3.17. The van der Waals surface area contributed by atoms with Gasteiger partial charge in [-0.3, -0.25) is 0 Å². The van der Waals surface area contributed by atoms with Crippen LogP contribution in [-0.2, 0) is 6.54 Å². The summed E-state index contributed by atoms with van der Waals surface area (Å²) in [5, 5.41) is 3.17. The first-order chi connectivity index (χ1) is 7.88. The highest BCUT2D eigenvalue weighted by Gasteiger charge is 2.14. The van der Waals surface area contributed by atoms with Crippen molar-refractivity contribution in [2.75, 3.05) is 12.8 Å². The minimum absolute atomic E-state index is 0.966. The van der Waals surface area contributed by atoms with Crippen LogP contribution in [0.4, 0.5) is 0 Å². The van der Waals surface area contributed by atoms with E-state index in [0.717, 1.165) is 12.5 Å². The quantitative estimate of drug-likeness (QED) is 0.781. The van der Waals surface area contributed by atoms with Gasteiger partial charge in [0.25, 0.3) is 0 Å². The van der Waals surface area contributed by atoms with Crippen LogP contribution in [0.2, 0.25) is 0 Å². The molecule has 0 saturated heterocycles. The van der Waals surface area contributed by atoms with Crippen molar-refractivity contribution in [3.63, 3.8) is 0 Å². The molecule has 0 aromatic heterocycles. The van der Waals surface area contributed by atoms with Crippen molar-refractivity contribution in [1.82, 2.24) is 5.32 Å². The molecule has 0 unspecified atom stereocenters. The highest BCUT2D eigenvalue weighted by molar-refractivity contribution is 7.99. The van der Waals surface area contributed by atoms with Gasteiger partial charge in [0.15, 0.2) is 0 Å². The normalized spacial score (nSPS) is 16.8. The zero-order chi connectivity index (χ0) is 11.2. The molecule has 0 radical (unpaired) electrons. The Hall–Kier alpha value is -0.470. The average molecular weight is 235 g/mol. The minimum atomic E-state index is 0.966. The van der Waals surface area contributed by atoms with Crippen LogP contribution in [-0.4, -0.2) is 12.8 Å². The number of benzene rings is 1. The van der Waals surface area contributed by atoms with Gasteiger partial charge in [0, 0.05) is 17.2 Å². The van der Waals surface area contributed by atoms with Gasteiger partial charge in [-0.1, -0.05) is 25.0 Å². The van der Waals surface area contributed by atoms with Crippen molar-refractivity contribution < 1.29 is 0 Å². The van der Waals surface area contributed by atoms with Crippen LogP contribution in [0.5, 0.6) is 0 Å². The fourth-order valence-corrected chi connectivity index (χ4v) is 3.39. The lowest BCUT2D eigenvalue weighted by atomic mass is 10.1. The second-order valence-corrected chi connectivity index (χ2v) is 5.73. The number of thioether (sulfide) groups is 1. The summed E-state index contributed by atoms with van der Waals surface area (Å²) >= 11 is 2.02. The Morgan fingerprint density at radius 3 is 2.50 bits per heavy atom. The summed E-state index contributed by atoms with van der Waals surface area (Å²) in [5.74, 6) is 2.28. The number of hydrogen-bond donors (Lipinski definition) is 1. The van der Waals surface area contributed by atoms with E-state index in [2.05, 4.69) is 29.6 Å². The molecule has 0 amide bonds. The maximum absolute atomic E-state index is 3.17. The summed E-state index contributed by atoms with van der Waals surface area (Å²) in [6.07, 6.45) is 5.80. The van der Waals surface area contributed by atoms with Crippen molar-refractivity contribution in [2.45, 2.75) is 37.1 Å². The van der Waals surface area contributed by atoms with Crippen LogP contribution >= 0.6 is 11.8 Å². The highest BCUT2D eigenvalue weighted by Crippen LogP contribution is 2.30. The molecule has 16 heavy (non-hydrogen) atoms. The smallest absolute Gasteiger partial charge is 0.0202 e. The molecule has 0 spiro atoms. The van der Waals surface area contributed by atoms with Crippen LogP contribution in [0, 0.1) is 5.92 Å². The average Bonchev–Trinajstić information content (AvgIpc) is 2.82. The van der Waals surface area contributed by atoms with E-state index < -0.39 is 0 Å². The van der Waals surface area contributed by atoms with Gasteiger partial charge >= 0.3 is 0 Å². The zero-order valence-corrected chi connectivity index (χ0v) is 10.9. The molecule has 1 aliphatic carbocycles. The van der Waals surface area contributed by atoms with Crippen molar-refractivity contribution in [3.05, 3.63) is 29.8 Å². The van der Waals surface area contributed by atoms with Gasteiger partial charge in [0.1, 0.15) is 0 Å². The molecule has 1 nitrogen and oxygen atoms in total. The van der Waals surface area contributed by atoms with Crippen LogP contribution in [0.3, 0.4) is 0 Å². The molecule has 0 aliphatic heterocycles. The van der Waals surface area contributed by atoms with Gasteiger partial charge < -0.3 is 5.32 Å². The van der Waals surface area contributed by atoms with Crippen molar-refractivity contribution >= 4 is 11.8 Å². The summed E-state index contributed by atoms with van der Waals surface area (Å²) in [6.45, 7) is 0.966. The van der Waals surface area contributed by atoms with Crippen LogP contribution in [0.1, 0.15) is 31.2 Å². The van der Waals surface area contributed by atoms with Gasteiger partial charge in [-0.25, -0.2) is 0 Å². The lowest BCUT2D eigenvalue weighted by Crippen LogP contribution is -2.04. The summed E-state index contributed by atoms with van der Waals surface area (Å²) < 4.78 is 0. The fraction of sp³-hybridized carbons (Fsp3) is 0.571. The first-order valence-electron chi connectivity index (χ1n) is 6.25. The van der Waals surface area contributed by atoms with Gasteiger partial charge in [-0.2, -0.15) is 0 Å². The van der Waals surface area contributed by atoms with Gasteiger partial charge in [0.05, 0.1) is 0 Å². The predicted octanol–water partition coefficient (Wildman–Crippen LogP) is 3.69. The Morgan fingerprint density at radius 1 is 1.19 bits per heavy atom. The molecular formula is C14H21NS. The third kappa shape index (κ3) is 3.53. The van der Waals surface area contributed by atoms with E-state index in [1.54, 1.807) is 0 Å². The Balaban J connectivity index is 1.80. The molecule has 1 aromatic carbocycles. The first kappa shape index (κ1) is 12.0. The Morgan fingerprint density at radius 2 is 1.88 bits per heavy atom. The molecule has 1 aromatic rings. The van der Waals surface area contributed by atoms with Gasteiger partial charge in [0.2, 0.25) is 0 Å². The largest absolute Gasteiger partial charge is 0.316 e. The number of rotatable bonds is 5. The summed E-state index contributed by atoms with van der Waals surface area (Å²) in [4.78, 5) is 1.42. The molecule has 2 heteroatoms. The van der Waals surface area contributed by atoms with Gasteiger partial charge in [-0.05, 0) is 43.5 Å². The van der Waals surface area contributed by atoms with E-state index in [1.165, 1.54) is 41.9 Å². The van der Waals surface area contributed by atoms with E-state index >= 15 is 0 Å². The van der Waals surface area contributed by atoms with E-state index in [-0.39, 0.29) is 0 Å². The van der Waals surface area contributed by atoms with Crippen LogP contribution in [0.15, 0.2) is 29.2 Å². The third-order valence-corrected chi connectivity index (χ3v) is 4.51. The van der Waals surface area contributed by atoms with Crippen LogP contribution < -0.4 is 5.32 Å². The lowest BCUT2D eigenvalue weighted by Gasteiger charge is -2.08. The SMILES string of the molecule is CNCc1ccc(SCC2CCCC2)cc1. The number of nitrogens with one attached hydrogen (secondary N) is 1. The van der Waals surface area contributed by atoms with E-state index in [0.29, 0.717) is 0 Å². The molecule has 0 atom stereocenters. The molecule has 1 fully saturated rings. The first-order valence-corrected chi connectivity index (χ1v) is 7.23. The minimum Gasteiger partial charge on any atom is -0.316 e. The van der Waals surface area contributed by atoms with E-state index in [4.69, 9.17) is 0 Å². The molecule has 1 N–H and O–H groups in total. The molecule has 1 saturated carbocycles. The molecule has 0 bridgehead atoms. The van der Waals surface area contributed by atoms with E-state index in [1.807, 2.05) is 18.8 Å². The monoisotopic (exact) mass is 235 g/mol. The standard InChI is InChI=1S/C14H21NS/c1-15-10-12-6-8-14(9-7-12)16-11-13-4-2-3-5-13/h6-9,13,15H,2-5,10-11H2,1H3. The summed E-state index contributed by atoms with van der Waals surface area (Å²) in [5.41, 5.74) is 1.37. The van der Waals surface area contributed by atoms with Crippen molar-refractivity contribution in [2.24, 2.45) is 5.92 Å². The molecule has 88 valence electrons. The second kappa shape index (κ2) is 6.31. The summed E-state index contributed by atoms with van der Waals surface area (Å²) in [6, 6.07) is 8.97. The zero-order valence-electron chi connectivity index (χ0n) is 10.0. The van der Waals surface area contributed by atoms with Crippen molar-refractivity contribution in [3.8, 4) is 0 Å². The molecule has 1 aliphatic rings. The van der Waals surface area contributed by atoms with E-state index in [9.17, 15) is 0 Å². The topological polar surface area (TPSA) is 12.0 Å². The molecular weight excluding hydrogens is 214 g/mol.